The molecule has 4 heteroatoms. The van der Waals surface area contributed by atoms with Crippen molar-refractivity contribution in [3.05, 3.63) is 0 Å². The first kappa shape index (κ1) is 10.9. The molecule has 0 spiro atoms. The van der Waals surface area contributed by atoms with Gasteiger partial charge in [-0.25, -0.2) is 0 Å². The molecule has 2 bridgehead atoms. The topological polar surface area (TPSA) is 88.0 Å². The number of carboxylic acids is 1. The number of carboxylic acid groups (broad SMARTS) is 1. The molecule has 0 aromatic heterocycles. The molecule has 3 aliphatic rings. The molecule has 0 aliphatic heterocycles. The van der Waals surface area contributed by atoms with Gasteiger partial charge in [0.15, 0.2) is 0 Å². The normalized spacial score (nSPS) is 44.3. The number of aliphatic hydroxyl groups is 1. The van der Waals surface area contributed by atoms with Crippen molar-refractivity contribution in [2.45, 2.75) is 50.7 Å². The number of hydrogen-bond donors (Lipinski definition) is 2. The van der Waals surface area contributed by atoms with Gasteiger partial charge < -0.3 is 20.7 Å². The van der Waals surface area contributed by atoms with E-state index in [0.29, 0.717) is 12.3 Å². The van der Waals surface area contributed by atoms with E-state index in [-0.39, 0.29) is 24.0 Å². The van der Waals surface area contributed by atoms with Crippen molar-refractivity contribution in [1.29, 1.82) is 0 Å². The van der Waals surface area contributed by atoms with Gasteiger partial charge in [-0.3, -0.25) is 0 Å². The van der Waals surface area contributed by atoms with Gasteiger partial charge in [-0.05, 0) is 44.4 Å². The minimum absolute atomic E-state index is 0.00403. The zero-order valence-electron chi connectivity index (χ0n) is 8.95. The Kier molecular flexibility index (Phi) is 2.73. The monoisotopic (exact) mass is 213 g/mol. The maximum Gasteiger partial charge on any atom is 0.117 e. The second-order valence-corrected chi connectivity index (χ2v) is 5.17. The molecule has 0 radical (unpaired) electrons. The fourth-order valence-electron chi connectivity index (χ4n) is 3.40. The summed E-state index contributed by atoms with van der Waals surface area (Å²) in [6, 6.07) is 0.00403. The van der Waals surface area contributed by atoms with Gasteiger partial charge in [0.25, 0.3) is 0 Å². The van der Waals surface area contributed by atoms with Gasteiger partial charge in [-0.1, -0.05) is 0 Å². The Balaban J connectivity index is 2.07. The molecular formula is C11H19NO3. The lowest BCUT2D eigenvalue weighted by Crippen LogP contribution is -2.77. The van der Waals surface area contributed by atoms with Gasteiger partial charge in [-0.15, -0.1) is 0 Å². The summed E-state index contributed by atoms with van der Waals surface area (Å²) in [5.41, 5.74) is 4.01. The molecule has 0 aromatic carbocycles. The van der Waals surface area contributed by atoms with Crippen LogP contribution in [0, 0.1) is 11.3 Å². The van der Waals surface area contributed by atoms with Crippen LogP contribution < -0.4 is 10.8 Å². The first-order chi connectivity index (χ1) is 7.05. The van der Waals surface area contributed by atoms with Crippen LogP contribution in [-0.4, -0.2) is 23.2 Å². The van der Waals surface area contributed by atoms with Crippen LogP contribution in [0.2, 0.25) is 0 Å². The van der Waals surface area contributed by atoms with Crippen LogP contribution in [-0.2, 0) is 4.79 Å². The SMILES string of the molecule is [NH3+][C@@H]1[C@@H](O)C2CCC1(CCC(=O)[O-])CC2. The number of aliphatic carboxylic acids is 1. The van der Waals surface area contributed by atoms with Crippen LogP contribution in [0.5, 0.6) is 0 Å². The number of rotatable bonds is 3. The van der Waals surface area contributed by atoms with E-state index in [0.717, 1.165) is 25.7 Å². The Bertz CT molecular complexity index is 259. The molecule has 15 heavy (non-hydrogen) atoms. The summed E-state index contributed by atoms with van der Waals surface area (Å²) in [5.74, 6) is -0.587. The van der Waals surface area contributed by atoms with Gasteiger partial charge in [0, 0.05) is 11.4 Å². The fourth-order valence-corrected chi connectivity index (χ4v) is 3.40. The number of fused-ring (bicyclic) bond motifs is 3. The van der Waals surface area contributed by atoms with E-state index < -0.39 is 5.97 Å². The molecular weight excluding hydrogens is 194 g/mol. The van der Waals surface area contributed by atoms with Gasteiger partial charge in [-0.2, -0.15) is 0 Å². The Morgan fingerprint density at radius 3 is 2.60 bits per heavy atom. The first-order valence-corrected chi connectivity index (χ1v) is 5.76. The van der Waals surface area contributed by atoms with Crippen LogP contribution >= 0.6 is 0 Å². The van der Waals surface area contributed by atoms with E-state index in [1.54, 1.807) is 0 Å². The van der Waals surface area contributed by atoms with E-state index in [2.05, 4.69) is 5.73 Å². The highest BCUT2D eigenvalue weighted by Crippen LogP contribution is 2.51. The lowest BCUT2D eigenvalue weighted by atomic mass is 9.55. The van der Waals surface area contributed by atoms with Crippen molar-refractivity contribution in [2.75, 3.05) is 0 Å². The first-order valence-electron chi connectivity index (χ1n) is 5.76. The Hall–Kier alpha value is -0.610. The number of hydrogen-bond acceptors (Lipinski definition) is 3. The third-order valence-electron chi connectivity index (χ3n) is 4.53. The minimum Gasteiger partial charge on any atom is -0.550 e. The largest absolute Gasteiger partial charge is 0.550 e. The lowest BCUT2D eigenvalue weighted by Gasteiger charge is -2.51. The van der Waals surface area contributed by atoms with Crippen molar-refractivity contribution in [3.8, 4) is 0 Å². The van der Waals surface area contributed by atoms with Crippen LogP contribution in [0.4, 0.5) is 0 Å². The maximum atomic E-state index is 10.5. The van der Waals surface area contributed by atoms with E-state index in [9.17, 15) is 15.0 Å². The van der Waals surface area contributed by atoms with Crippen molar-refractivity contribution in [3.63, 3.8) is 0 Å². The molecule has 0 amide bonds. The van der Waals surface area contributed by atoms with Crippen LogP contribution in [0.25, 0.3) is 0 Å². The van der Waals surface area contributed by atoms with Gasteiger partial charge in [0.2, 0.25) is 0 Å². The van der Waals surface area contributed by atoms with Crippen LogP contribution in [0.1, 0.15) is 38.5 Å². The summed E-state index contributed by atoms with van der Waals surface area (Å²) in [5, 5.41) is 20.5. The molecule has 3 saturated carbocycles. The minimum atomic E-state index is -0.987. The Morgan fingerprint density at radius 1 is 1.47 bits per heavy atom. The predicted molar refractivity (Wildman–Crippen MR) is 51.3 cm³/mol. The zero-order chi connectivity index (χ0) is 11.1. The summed E-state index contributed by atoms with van der Waals surface area (Å²) in [6.45, 7) is 0. The molecule has 0 heterocycles. The lowest BCUT2D eigenvalue weighted by molar-refractivity contribution is -0.483. The number of aliphatic hydroxyl groups excluding tert-OH is 1. The Morgan fingerprint density at radius 2 is 2.07 bits per heavy atom. The summed E-state index contributed by atoms with van der Waals surface area (Å²) in [6.07, 6.45) is 4.50. The molecule has 3 rings (SSSR count). The molecule has 4 nitrogen and oxygen atoms in total. The van der Waals surface area contributed by atoms with E-state index in [4.69, 9.17) is 0 Å². The number of carbonyl (C=O) groups is 1. The van der Waals surface area contributed by atoms with Crippen LogP contribution in [0.3, 0.4) is 0 Å². The molecule has 0 unspecified atom stereocenters. The molecule has 3 fully saturated rings. The number of quaternary nitrogens is 1. The second-order valence-electron chi connectivity index (χ2n) is 5.17. The van der Waals surface area contributed by atoms with Crippen molar-refractivity contribution in [2.24, 2.45) is 11.3 Å². The van der Waals surface area contributed by atoms with E-state index >= 15 is 0 Å². The van der Waals surface area contributed by atoms with E-state index in [1.165, 1.54) is 0 Å². The highest BCUT2D eigenvalue weighted by atomic mass is 16.4. The fraction of sp³-hybridized carbons (Fsp3) is 0.909. The molecule has 0 aromatic rings. The third-order valence-corrected chi connectivity index (χ3v) is 4.53. The summed E-state index contributed by atoms with van der Waals surface area (Å²) in [7, 11) is 0. The molecule has 4 N–H and O–H groups in total. The summed E-state index contributed by atoms with van der Waals surface area (Å²) in [4.78, 5) is 10.5. The van der Waals surface area contributed by atoms with Crippen molar-refractivity contribution in [1.82, 2.24) is 0 Å². The highest BCUT2D eigenvalue weighted by molar-refractivity contribution is 5.64. The van der Waals surface area contributed by atoms with E-state index in [1.807, 2.05) is 0 Å². The molecule has 86 valence electrons. The summed E-state index contributed by atoms with van der Waals surface area (Å²) < 4.78 is 0. The predicted octanol–water partition coefficient (Wildman–Crippen LogP) is -1.32. The zero-order valence-corrected chi connectivity index (χ0v) is 8.95. The smallest absolute Gasteiger partial charge is 0.117 e. The molecule has 0 saturated heterocycles. The standard InChI is InChI=1S/C11H19NO3/c12-10-9(15)7-1-4-11(10,5-2-7)6-3-8(13)14/h7,9-10,15H,1-6,12H2,(H,13,14)/t7?,9-,10+,11?/m0/s1. The molecule has 2 atom stereocenters. The second kappa shape index (κ2) is 3.76. The average Bonchev–Trinajstić information content (AvgIpc) is 2.23. The van der Waals surface area contributed by atoms with Crippen LogP contribution in [0.15, 0.2) is 0 Å². The average molecular weight is 213 g/mol. The number of carbonyl (C=O) groups excluding carboxylic acids is 1. The van der Waals surface area contributed by atoms with Crippen molar-refractivity contribution >= 4 is 5.97 Å². The third kappa shape index (κ3) is 1.76. The highest BCUT2D eigenvalue weighted by Gasteiger charge is 2.53. The maximum absolute atomic E-state index is 10.5. The quantitative estimate of drug-likeness (QED) is 0.609. The Labute approximate surface area is 89.5 Å². The van der Waals surface area contributed by atoms with Crippen molar-refractivity contribution < 1.29 is 20.7 Å². The van der Waals surface area contributed by atoms with Gasteiger partial charge in [0.05, 0.1) is 0 Å². The van der Waals surface area contributed by atoms with Gasteiger partial charge >= 0.3 is 0 Å². The van der Waals surface area contributed by atoms with Gasteiger partial charge in [0.1, 0.15) is 12.1 Å². The summed E-state index contributed by atoms with van der Waals surface area (Å²) >= 11 is 0. The molecule has 3 aliphatic carbocycles.